The van der Waals surface area contributed by atoms with Crippen molar-refractivity contribution in [1.82, 2.24) is 9.97 Å². The van der Waals surface area contributed by atoms with Crippen LogP contribution in [-0.4, -0.2) is 48.5 Å². The Kier molecular flexibility index (Phi) is 7.14. The quantitative estimate of drug-likeness (QED) is 0.588. The highest BCUT2D eigenvalue weighted by Crippen LogP contribution is 2.27. The van der Waals surface area contributed by atoms with E-state index in [1.54, 1.807) is 6.33 Å². The smallest absolute Gasteiger partial charge is 0.134 e. The maximum atomic E-state index is 8.59. The second kappa shape index (κ2) is 8.66. The highest BCUT2D eigenvalue weighted by atomic mass is 16.5. The molecule has 1 aromatic heterocycles. The molecule has 0 amide bonds. The number of rotatable bonds is 9. The van der Waals surface area contributed by atoms with E-state index in [9.17, 15) is 0 Å². The Bertz CT molecular complexity index is 372. The van der Waals surface area contributed by atoms with Crippen molar-refractivity contribution in [1.29, 1.82) is 0 Å². The first-order chi connectivity index (χ1) is 9.20. The van der Waals surface area contributed by atoms with Crippen molar-refractivity contribution in [2.75, 3.05) is 44.0 Å². The van der Waals surface area contributed by atoms with Crippen molar-refractivity contribution >= 4 is 11.6 Å². The van der Waals surface area contributed by atoms with Crippen LogP contribution in [-0.2, 0) is 4.74 Å². The molecule has 0 atom stereocenters. The molecule has 1 rings (SSSR count). The molecule has 0 aromatic carbocycles. The maximum absolute atomic E-state index is 8.59. The minimum atomic E-state index is 0.0718. The third-order valence-corrected chi connectivity index (χ3v) is 2.69. The second-order valence-corrected chi connectivity index (χ2v) is 4.51. The Hall–Kier alpha value is -1.40. The summed E-state index contributed by atoms with van der Waals surface area (Å²) in [4.78, 5) is 8.53. The van der Waals surface area contributed by atoms with E-state index < -0.39 is 0 Å². The lowest BCUT2D eigenvalue weighted by Crippen LogP contribution is -2.12. The molecular weight excluding hydrogens is 244 g/mol. The van der Waals surface area contributed by atoms with Crippen LogP contribution in [0.1, 0.15) is 31.7 Å². The summed E-state index contributed by atoms with van der Waals surface area (Å²) in [5.74, 6) is 2.08. The van der Waals surface area contributed by atoms with Crippen LogP contribution in [0.3, 0.4) is 0 Å². The molecule has 0 aliphatic carbocycles. The molecule has 0 fully saturated rings. The lowest BCUT2D eigenvalue weighted by atomic mass is 10.0. The van der Waals surface area contributed by atoms with Gasteiger partial charge in [-0.05, 0) is 12.3 Å². The Morgan fingerprint density at radius 3 is 2.63 bits per heavy atom. The Morgan fingerprint density at radius 2 is 2.00 bits per heavy atom. The molecule has 0 saturated carbocycles. The summed E-state index contributed by atoms with van der Waals surface area (Å²) in [6.45, 7) is 6.13. The minimum Gasteiger partial charge on any atom is -0.394 e. The van der Waals surface area contributed by atoms with Gasteiger partial charge in [-0.1, -0.05) is 13.8 Å². The topological polar surface area (TPSA) is 79.3 Å². The molecule has 0 spiro atoms. The summed E-state index contributed by atoms with van der Waals surface area (Å²) in [5.41, 5.74) is 1.10. The molecule has 0 aliphatic heterocycles. The monoisotopic (exact) mass is 268 g/mol. The Morgan fingerprint density at radius 1 is 1.26 bits per heavy atom. The SMILES string of the molecule is CNc1ncnc(NCCCOCCO)c1C(C)C. The summed E-state index contributed by atoms with van der Waals surface area (Å²) in [6, 6.07) is 0. The van der Waals surface area contributed by atoms with Crippen LogP contribution >= 0.6 is 0 Å². The van der Waals surface area contributed by atoms with Gasteiger partial charge < -0.3 is 20.5 Å². The lowest BCUT2D eigenvalue weighted by molar-refractivity contribution is 0.0922. The maximum Gasteiger partial charge on any atom is 0.134 e. The van der Waals surface area contributed by atoms with Gasteiger partial charge in [0.1, 0.15) is 18.0 Å². The second-order valence-electron chi connectivity index (χ2n) is 4.51. The van der Waals surface area contributed by atoms with E-state index in [0.29, 0.717) is 19.1 Å². The molecule has 0 saturated heterocycles. The average Bonchev–Trinajstić information content (AvgIpc) is 2.42. The van der Waals surface area contributed by atoms with Crippen LogP contribution < -0.4 is 10.6 Å². The average molecular weight is 268 g/mol. The number of ether oxygens (including phenoxy) is 1. The first-order valence-electron chi connectivity index (χ1n) is 6.65. The fourth-order valence-electron chi connectivity index (χ4n) is 1.83. The number of nitrogens with zero attached hydrogens (tertiary/aromatic N) is 2. The third kappa shape index (κ3) is 5.00. The molecule has 19 heavy (non-hydrogen) atoms. The number of aliphatic hydroxyl groups excluding tert-OH is 1. The van der Waals surface area contributed by atoms with Crippen LogP contribution in [0, 0.1) is 0 Å². The van der Waals surface area contributed by atoms with Crippen LogP contribution in [0.5, 0.6) is 0 Å². The Labute approximate surface area is 114 Å². The first kappa shape index (κ1) is 15.7. The fraction of sp³-hybridized carbons (Fsp3) is 0.692. The van der Waals surface area contributed by atoms with Crippen molar-refractivity contribution < 1.29 is 9.84 Å². The van der Waals surface area contributed by atoms with Crippen molar-refractivity contribution in [3.05, 3.63) is 11.9 Å². The summed E-state index contributed by atoms with van der Waals surface area (Å²) in [5, 5.41) is 15.0. The fourth-order valence-corrected chi connectivity index (χ4v) is 1.83. The van der Waals surface area contributed by atoms with E-state index in [1.165, 1.54) is 0 Å². The van der Waals surface area contributed by atoms with Crippen LogP contribution in [0.25, 0.3) is 0 Å². The Balaban J connectivity index is 2.53. The number of aromatic nitrogens is 2. The molecule has 0 aliphatic rings. The molecule has 3 N–H and O–H groups in total. The van der Waals surface area contributed by atoms with Gasteiger partial charge >= 0.3 is 0 Å². The molecule has 6 nitrogen and oxygen atoms in total. The van der Waals surface area contributed by atoms with Crippen LogP contribution in [0.4, 0.5) is 11.6 Å². The summed E-state index contributed by atoms with van der Waals surface area (Å²) < 4.78 is 5.21. The van der Waals surface area contributed by atoms with Crippen LogP contribution in [0.2, 0.25) is 0 Å². The highest BCUT2D eigenvalue weighted by Gasteiger charge is 2.13. The molecule has 1 heterocycles. The molecule has 0 unspecified atom stereocenters. The summed E-state index contributed by atoms with van der Waals surface area (Å²) in [6.07, 6.45) is 2.43. The van der Waals surface area contributed by atoms with Gasteiger partial charge in [-0.2, -0.15) is 0 Å². The standard InChI is InChI=1S/C13H24N4O2/c1-10(2)11-12(14-3)16-9-17-13(11)15-5-4-7-19-8-6-18/h9-10,18H,4-8H2,1-3H3,(H2,14,15,16,17). The van der Waals surface area contributed by atoms with Gasteiger partial charge in [0.15, 0.2) is 0 Å². The number of hydrogen-bond donors (Lipinski definition) is 3. The largest absolute Gasteiger partial charge is 0.394 e. The van der Waals surface area contributed by atoms with Crippen molar-refractivity contribution in [3.63, 3.8) is 0 Å². The molecule has 0 radical (unpaired) electrons. The van der Waals surface area contributed by atoms with Gasteiger partial charge in [-0.3, -0.25) is 0 Å². The highest BCUT2D eigenvalue weighted by molar-refractivity contribution is 5.58. The molecule has 0 bridgehead atoms. The van der Waals surface area contributed by atoms with Gasteiger partial charge in [0.05, 0.1) is 13.2 Å². The predicted octanol–water partition coefficient (Wildman–Crippen LogP) is 1.45. The van der Waals surface area contributed by atoms with Gasteiger partial charge in [0.2, 0.25) is 0 Å². The number of hydrogen-bond acceptors (Lipinski definition) is 6. The number of anilines is 2. The zero-order chi connectivity index (χ0) is 14.1. The molecule has 108 valence electrons. The van der Waals surface area contributed by atoms with E-state index >= 15 is 0 Å². The van der Waals surface area contributed by atoms with Gasteiger partial charge in [0.25, 0.3) is 0 Å². The summed E-state index contributed by atoms with van der Waals surface area (Å²) in [7, 11) is 1.86. The van der Waals surface area contributed by atoms with Crippen molar-refractivity contribution in [2.24, 2.45) is 0 Å². The first-order valence-corrected chi connectivity index (χ1v) is 6.65. The zero-order valence-corrected chi connectivity index (χ0v) is 11.9. The zero-order valence-electron chi connectivity index (χ0n) is 11.9. The van der Waals surface area contributed by atoms with Crippen molar-refractivity contribution in [3.8, 4) is 0 Å². The van der Waals surface area contributed by atoms with Crippen LogP contribution in [0.15, 0.2) is 6.33 Å². The number of aliphatic hydroxyl groups is 1. The minimum absolute atomic E-state index is 0.0718. The van der Waals surface area contributed by atoms with E-state index in [-0.39, 0.29) is 6.61 Å². The number of nitrogens with one attached hydrogen (secondary N) is 2. The molecular formula is C13H24N4O2. The lowest BCUT2D eigenvalue weighted by Gasteiger charge is -2.16. The molecule has 6 heteroatoms. The van der Waals surface area contributed by atoms with E-state index in [4.69, 9.17) is 9.84 Å². The van der Waals surface area contributed by atoms with Gasteiger partial charge in [-0.25, -0.2) is 9.97 Å². The van der Waals surface area contributed by atoms with E-state index in [0.717, 1.165) is 30.2 Å². The van der Waals surface area contributed by atoms with E-state index in [1.807, 2.05) is 7.05 Å². The summed E-state index contributed by atoms with van der Waals surface area (Å²) >= 11 is 0. The molecule has 1 aromatic rings. The predicted molar refractivity (Wildman–Crippen MR) is 76.7 cm³/mol. The van der Waals surface area contributed by atoms with E-state index in [2.05, 4.69) is 34.4 Å². The normalized spacial score (nSPS) is 10.8. The third-order valence-electron chi connectivity index (χ3n) is 2.69. The van der Waals surface area contributed by atoms with Crippen molar-refractivity contribution in [2.45, 2.75) is 26.2 Å². The van der Waals surface area contributed by atoms with Gasteiger partial charge in [-0.15, -0.1) is 0 Å². The van der Waals surface area contributed by atoms with Gasteiger partial charge in [0, 0.05) is 25.8 Å².